The number of thiophene rings is 1. The predicted octanol–water partition coefficient (Wildman–Crippen LogP) is 3.24. The fourth-order valence-corrected chi connectivity index (χ4v) is 3.91. The number of hydrogen-bond acceptors (Lipinski definition) is 3. The molecule has 0 unspecified atom stereocenters. The molecule has 0 radical (unpaired) electrons. The van der Waals surface area contributed by atoms with E-state index in [0.717, 1.165) is 36.0 Å². The average molecular weight is 306 g/mol. The summed E-state index contributed by atoms with van der Waals surface area (Å²) in [5.74, 6) is 0.144. The lowest BCUT2D eigenvalue weighted by Crippen LogP contribution is -2.44. The highest BCUT2D eigenvalue weighted by atomic mass is 32.1. The molecule has 0 spiro atoms. The maximum absolute atomic E-state index is 13.2. The SMILES string of the molecule is C[C@@H](N)[C@H]1CCCN(C(=O)c2cc3cc(F)ccc3s2)C1. The highest BCUT2D eigenvalue weighted by Gasteiger charge is 2.27. The van der Waals surface area contributed by atoms with Crippen molar-refractivity contribution < 1.29 is 9.18 Å². The molecule has 1 aliphatic heterocycles. The van der Waals surface area contributed by atoms with Crippen molar-refractivity contribution in [2.75, 3.05) is 13.1 Å². The molecule has 1 amide bonds. The van der Waals surface area contributed by atoms with Crippen molar-refractivity contribution in [3.05, 3.63) is 35.0 Å². The van der Waals surface area contributed by atoms with Crippen LogP contribution in [0, 0.1) is 11.7 Å². The van der Waals surface area contributed by atoms with E-state index in [-0.39, 0.29) is 17.8 Å². The second kappa shape index (κ2) is 5.73. The van der Waals surface area contributed by atoms with Crippen LogP contribution in [-0.2, 0) is 0 Å². The smallest absolute Gasteiger partial charge is 0.263 e. The Kier molecular flexibility index (Phi) is 3.95. The molecule has 0 bridgehead atoms. The maximum atomic E-state index is 13.2. The van der Waals surface area contributed by atoms with Crippen LogP contribution >= 0.6 is 11.3 Å². The largest absolute Gasteiger partial charge is 0.338 e. The van der Waals surface area contributed by atoms with Crippen molar-refractivity contribution in [3.63, 3.8) is 0 Å². The summed E-state index contributed by atoms with van der Waals surface area (Å²) in [5.41, 5.74) is 5.97. The van der Waals surface area contributed by atoms with Crippen LogP contribution < -0.4 is 5.73 Å². The number of nitrogens with zero attached hydrogens (tertiary/aromatic N) is 1. The van der Waals surface area contributed by atoms with Crippen LogP contribution in [0.1, 0.15) is 29.4 Å². The summed E-state index contributed by atoms with van der Waals surface area (Å²) in [6, 6.07) is 6.54. The zero-order valence-corrected chi connectivity index (χ0v) is 12.8. The summed E-state index contributed by atoms with van der Waals surface area (Å²) in [5, 5.41) is 0.795. The monoisotopic (exact) mass is 306 g/mol. The number of piperidine rings is 1. The third-order valence-corrected chi connectivity index (χ3v) is 5.28. The minimum Gasteiger partial charge on any atom is -0.338 e. The van der Waals surface area contributed by atoms with Gasteiger partial charge in [0.25, 0.3) is 5.91 Å². The number of likely N-dealkylation sites (tertiary alicyclic amines) is 1. The van der Waals surface area contributed by atoms with E-state index in [1.54, 1.807) is 12.1 Å². The van der Waals surface area contributed by atoms with Crippen molar-refractivity contribution in [2.45, 2.75) is 25.8 Å². The minimum atomic E-state index is -0.269. The molecule has 3 nitrogen and oxygen atoms in total. The van der Waals surface area contributed by atoms with Gasteiger partial charge in [-0.05, 0) is 55.3 Å². The number of benzene rings is 1. The number of nitrogens with two attached hydrogens (primary N) is 1. The Labute approximate surface area is 127 Å². The molecule has 0 aliphatic carbocycles. The normalized spacial score (nSPS) is 20.7. The lowest BCUT2D eigenvalue weighted by Gasteiger charge is -2.34. The molecule has 1 fully saturated rings. The number of carbonyl (C=O) groups is 1. The fourth-order valence-electron chi connectivity index (χ4n) is 2.90. The first kappa shape index (κ1) is 14.5. The number of carbonyl (C=O) groups excluding carboxylic acids is 1. The molecule has 5 heteroatoms. The lowest BCUT2D eigenvalue weighted by atomic mass is 9.92. The van der Waals surface area contributed by atoms with Gasteiger partial charge in [-0.3, -0.25) is 4.79 Å². The molecular formula is C16H19FN2OS. The van der Waals surface area contributed by atoms with E-state index in [1.807, 2.05) is 11.8 Å². The van der Waals surface area contributed by atoms with Gasteiger partial charge in [-0.1, -0.05) is 0 Å². The molecule has 2 aromatic rings. The molecule has 2 N–H and O–H groups in total. The number of halogens is 1. The van der Waals surface area contributed by atoms with Gasteiger partial charge < -0.3 is 10.6 Å². The van der Waals surface area contributed by atoms with E-state index in [4.69, 9.17) is 5.73 Å². The quantitative estimate of drug-likeness (QED) is 0.926. The van der Waals surface area contributed by atoms with E-state index in [1.165, 1.54) is 23.5 Å². The molecule has 3 rings (SSSR count). The number of hydrogen-bond donors (Lipinski definition) is 1. The van der Waals surface area contributed by atoms with Crippen LogP contribution in [0.4, 0.5) is 4.39 Å². The molecule has 21 heavy (non-hydrogen) atoms. The van der Waals surface area contributed by atoms with Crippen LogP contribution in [0.15, 0.2) is 24.3 Å². The van der Waals surface area contributed by atoms with Gasteiger partial charge in [-0.25, -0.2) is 4.39 Å². The van der Waals surface area contributed by atoms with Gasteiger partial charge in [0.1, 0.15) is 5.82 Å². The summed E-state index contributed by atoms with van der Waals surface area (Å²) >= 11 is 1.43. The van der Waals surface area contributed by atoms with Crippen LogP contribution in [-0.4, -0.2) is 29.9 Å². The second-order valence-electron chi connectivity index (χ2n) is 5.81. The van der Waals surface area contributed by atoms with Crippen molar-refractivity contribution in [2.24, 2.45) is 11.7 Å². The van der Waals surface area contributed by atoms with E-state index in [9.17, 15) is 9.18 Å². The molecule has 1 saturated heterocycles. The summed E-state index contributed by atoms with van der Waals surface area (Å²) in [4.78, 5) is 15.2. The third kappa shape index (κ3) is 2.94. The Bertz CT molecular complexity index is 667. The first-order valence-corrected chi connectivity index (χ1v) is 8.10. The van der Waals surface area contributed by atoms with Crippen molar-refractivity contribution >= 4 is 27.3 Å². The summed E-state index contributed by atoms with van der Waals surface area (Å²) in [6.45, 7) is 3.50. The minimum absolute atomic E-state index is 0.0435. The number of amides is 1. The number of fused-ring (bicyclic) bond motifs is 1. The Morgan fingerprint density at radius 2 is 2.29 bits per heavy atom. The lowest BCUT2D eigenvalue weighted by molar-refractivity contribution is 0.0666. The van der Waals surface area contributed by atoms with Crippen LogP contribution in [0.25, 0.3) is 10.1 Å². The fraction of sp³-hybridized carbons (Fsp3) is 0.438. The molecule has 1 aliphatic rings. The molecule has 2 heterocycles. The topological polar surface area (TPSA) is 46.3 Å². The van der Waals surface area contributed by atoms with Gasteiger partial charge in [-0.2, -0.15) is 0 Å². The van der Waals surface area contributed by atoms with Crippen molar-refractivity contribution in [3.8, 4) is 0 Å². The van der Waals surface area contributed by atoms with Crippen molar-refractivity contribution in [1.82, 2.24) is 4.90 Å². The molecule has 1 aromatic heterocycles. The first-order valence-electron chi connectivity index (χ1n) is 7.28. The molecule has 2 atom stereocenters. The first-order chi connectivity index (χ1) is 10.0. The second-order valence-corrected chi connectivity index (χ2v) is 6.89. The Morgan fingerprint density at radius 1 is 1.48 bits per heavy atom. The zero-order chi connectivity index (χ0) is 15.0. The van der Waals surface area contributed by atoms with E-state index < -0.39 is 0 Å². The Morgan fingerprint density at radius 3 is 3.05 bits per heavy atom. The zero-order valence-electron chi connectivity index (χ0n) is 12.0. The van der Waals surface area contributed by atoms with Crippen LogP contribution in [0.2, 0.25) is 0 Å². The molecular weight excluding hydrogens is 287 g/mol. The number of rotatable bonds is 2. The Hall–Kier alpha value is -1.46. The van der Waals surface area contributed by atoms with Gasteiger partial charge >= 0.3 is 0 Å². The van der Waals surface area contributed by atoms with Gasteiger partial charge in [0.15, 0.2) is 0 Å². The summed E-state index contributed by atoms with van der Waals surface area (Å²) in [7, 11) is 0. The molecule has 0 saturated carbocycles. The van der Waals surface area contributed by atoms with E-state index in [0.29, 0.717) is 10.8 Å². The van der Waals surface area contributed by atoms with E-state index in [2.05, 4.69) is 0 Å². The predicted molar refractivity (Wildman–Crippen MR) is 84.1 cm³/mol. The van der Waals surface area contributed by atoms with Crippen molar-refractivity contribution in [1.29, 1.82) is 0 Å². The molecule has 1 aromatic carbocycles. The average Bonchev–Trinajstić information content (AvgIpc) is 2.89. The molecule has 112 valence electrons. The Balaban J connectivity index is 1.82. The third-order valence-electron chi connectivity index (χ3n) is 4.18. The van der Waals surface area contributed by atoms with Gasteiger partial charge in [-0.15, -0.1) is 11.3 Å². The maximum Gasteiger partial charge on any atom is 0.263 e. The van der Waals surface area contributed by atoms with Gasteiger partial charge in [0.2, 0.25) is 0 Å². The van der Waals surface area contributed by atoms with Gasteiger partial charge in [0, 0.05) is 23.8 Å². The standard InChI is InChI=1S/C16H19FN2OS/c1-10(18)11-3-2-6-19(9-11)16(20)15-8-12-7-13(17)4-5-14(12)21-15/h4-5,7-8,10-11H,2-3,6,9,18H2,1H3/t10-,11+/m1/s1. The van der Waals surface area contributed by atoms with Crippen LogP contribution in [0.5, 0.6) is 0 Å². The van der Waals surface area contributed by atoms with E-state index >= 15 is 0 Å². The summed E-state index contributed by atoms with van der Waals surface area (Å²) < 4.78 is 14.2. The summed E-state index contributed by atoms with van der Waals surface area (Å²) in [6.07, 6.45) is 2.08. The van der Waals surface area contributed by atoms with Crippen LogP contribution in [0.3, 0.4) is 0 Å². The highest BCUT2D eigenvalue weighted by Crippen LogP contribution is 2.29. The van der Waals surface area contributed by atoms with Gasteiger partial charge in [0.05, 0.1) is 4.88 Å². The highest BCUT2D eigenvalue weighted by molar-refractivity contribution is 7.20.